The van der Waals surface area contributed by atoms with Crippen LogP contribution in [0, 0.1) is 5.92 Å². The van der Waals surface area contributed by atoms with Crippen molar-refractivity contribution in [1.29, 1.82) is 0 Å². The molecule has 2 aromatic carbocycles. The van der Waals surface area contributed by atoms with Crippen molar-refractivity contribution < 1.29 is 23.1 Å². The van der Waals surface area contributed by atoms with Gasteiger partial charge in [-0.2, -0.15) is 0 Å². The second kappa shape index (κ2) is 8.25. The van der Waals surface area contributed by atoms with Crippen LogP contribution >= 0.6 is 0 Å². The molecule has 0 spiro atoms. The number of sulfone groups is 1. The van der Waals surface area contributed by atoms with Crippen LogP contribution in [0.2, 0.25) is 0 Å². The summed E-state index contributed by atoms with van der Waals surface area (Å²) < 4.78 is 25.2. The van der Waals surface area contributed by atoms with Crippen molar-refractivity contribution >= 4 is 21.7 Å². The summed E-state index contributed by atoms with van der Waals surface area (Å²) in [6.07, 6.45) is 3.02. The molecular formula is C25H28N2O5S. The van der Waals surface area contributed by atoms with Gasteiger partial charge in [0, 0.05) is 31.7 Å². The smallest absolute Gasteiger partial charge is 0.254 e. The number of hydrogen-bond donors (Lipinski definition) is 1. The minimum atomic E-state index is -3.28. The average Bonchev–Trinajstić information content (AvgIpc) is 3.77. The van der Waals surface area contributed by atoms with E-state index in [9.17, 15) is 23.1 Å². The Morgan fingerprint density at radius 1 is 0.909 bits per heavy atom. The van der Waals surface area contributed by atoms with Crippen molar-refractivity contribution in [2.24, 2.45) is 5.92 Å². The van der Waals surface area contributed by atoms with Crippen LogP contribution < -0.4 is 0 Å². The first kappa shape index (κ1) is 22.1. The summed E-state index contributed by atoms with van der Waals surface area (Å²) in [6, 6.07) is 14.2. The van der Waals surface area contributed by atoms with Gasteiger partial charge in [-0.3, -0.25) is 9.59 Å². The maximum absolute atomic E-state index is 12.9. The van der Waals surface area contributed by atoms with E-state index in [1.807, 2.05) is 18.2 Å². The van der Waals surface area contributed by atoms with E-state index in [0.717, 1.165) is 24.0 Å². The van der Waals surface area contributed by atoms with Gasteiger partial charge in [-0.25, -0.2) is 8.42 Å². The number of carbonyl (C=O) groups is 2. The SMILES string of the molecule is O=C(c1ccc(-c2cccc(S(=O)(=O)CC3CC3)c2)cc1)N1CCN(C(=O)C2(O)CC2)CC1. The molecular weight excluding hydrogens is 440 g/mol. The monoisotopic (exact) mass is 468 g/mol. The van der Waals surface area contributed by atoms with Crippen molar-refractivity contribution in [3.63, 3.8) is 0 Å². The molecule has 1 heterocycles. The van der Waals surface area contributed by atoms with Crippen LogP contribution in [-0.2, 0) is 14.6 Å². The molecule has 2 saturated carbocycles. The first-order chi connectivity index (χ1) is 15.7. The molecule has 3 aliphatic rings. The number of benzene rings is 2. The number of nitrogens with zero attached hydrogens (tertiary/aromatic N) is 2. The summed E-state index contributed by atoms with van der Waals surface area (Å²) in [5.74, 6) is 0.185. The fourth-order valence-corrected chi connectivity index (χ4v) is 6.03. The molecule has 33 heavy (non-hydrogen) atoms. The molecule has 1 saturated heterocycles. The summed E-state index contributed by atoms with van der Waals surface area (Å²) in [4.78, 5) is 28.9. The van der Waals surface area contributed by atoms with Crippen LogP contribution in [0.4, 0.5) is 0 Å². The van der Waals surface area contributed by atoms with E-state index in [2.05, 4.69) is 0 Å². The van der Waals surface area contributed by atoms with Crippen molar-refractivity contribution in [3.05, 3.63) is 54.1 Å². The van der Waals surface area contributed by atoms with E-state index in [0.29, 0.717) is 55.4 Å². The highest BCUT2D eigenvalue weighted by Crippen LogP contribution is 2.37. The van der Waals surface area contributed by atoms with Crippen molar-refractivity contribution in [3.8, 4) is 11.1 Å². The second-order valence-electron chi connectivity index (χ2n) is 9.45. The zero-order chi connectivity index (χ0) is 23.2. The molecule has 0 bridgehead atoms. The van der Waals surface area contributed by atoms with Crippen LogP contribution in [0.3, 0.4) is 0 Å². The Morgan fingerprint density at radius 3 is 2.15 bits per heavy atom. The quantitative estimate of drug-likeness (QED) is 0.702. The van der Waals surface area contributed by atoms with E-state index >= 15 is 0 Å². The molecule has 174 valence electrons. The minimum absolute atomic E-state index is 0.0976. The van der Waals surface area contributed by atoms with E-state index in [1.165, 1.54) is 0 Å². The Labute approximate surface area is 193 Å². The molecule has 3 fully saturated rings. The zero-order valence-electron chi connectivity index (χ0n) is 18.4. The molecule has 2 aliphatic carbocycles. The van der Waals surface area contributed by atoms with Crippen molar-refractivity contribution in [2.75, 3.05) is 31.9 Å². The Balaban J connectivity index is 1.24. The molecule has 7 nitrogen and oxygen atoms in total. The molecule has 5 rings (SSSR count). The predicted molar refractivity (Wildman–Crippen MR) is 123 cm³/mol. The van der Waals surface area contributed by atoms with Gasteiger partial charge in [0.25, 0.3) is 11.8 Å². The summed E-state index contributed by atoms with van der Waals surface area (Å²) in [7, 11) is -3.28. The van der Waals surface area contributed by atoms with Crippen LogP contribution in [0.25, 0.3) is 11.1 Å². The number of hydrogen-bond acceptors (Lipinski definition) is 5. The highest BCUT2D eigenvalue weighted by molar-refractivity contribution is 7.91. The first-order valence-electron chi connectivity index (χ1n) is 11.5. The lowest BCUT2D eigenvalue weighted by Gasteiger charge is -2.35. The number of carbonyl (C=O) groups excluding carboxylic acids is 2. The van der Waals surface area contributed by atoms with E-state index < -0.39 is 15.4 Å². The number of amides is 2. The van der Waals surface area contributed by atoms with E-state index in [4.69, 9.17) is 0 Å². The lowest BCUT2D eigenvalue weighted by molar-refractivity contribution is -0.143. The molecule has 0 unspecified atom stereocenters. The topological polar surface area (TPSA) is 95.0 Å². The molecule has 0 radical (unpaired) electrons. The van der Waals surface area contributed by atoms with Gasteiger partial charge >= 0.3 is 0 Å². The Morgan fingerprint density at radius 2 is 1.55 bits per heavy atom. The molecule has 2 aromatic rings. The first-order valence-corrected chi connectivity index (χ1v) is 13.1. The van der Waals surface area contributed by atoms with Crippen LogP contribution in [0.1, 0.15) is 36.0 Å². The average molecular weight is 469 g/mol. The third kappa shape index (κ3) is 4.68. The molecule has 1 aliphatic heterocycles. The van der Waals surface area contributed by atoms with Gasteiger partial charge in [0.2, 0.25) is 0 Å². The fraction of sp³-hybridized carbons (Fsp3) is 0.440. The molecule has 1 N–H and O–H groups in total. The Hall–Kier alpha value is -2.71. The lowest BCUT2D eigenvalue weighted by Crippen LogP contribution is -2.53. The summed E-state index contributed by atoms with van der Waals surface area (Å²) in [5.41, 5.74) is 1.03. The molecule has 0 aromatic heterocycles. The third-order valence-electron chi connectivity index (χ3n) is 6.79. The third-order valence-corrected chi connectivity index (χ3v) is 8.67. The standard InChI is InChI=1S/C25H28N2O5S/c28-23(26-12-14-27(15-13-26)24(29)25(30)10-11-25)20-8-6-19(7-9-20)21-2-1-3-22(16-21)33(31,32)17-18-4-5-18/h1-3,6-9,16,18,30H,4-5,10-15,17H2. The van der Waals surface area contributed by atoms with Crippen molar-refractivity contribution in [2.45, 2.75) is 36.2 Å². The maximum Gasteiger partial charge on any atom is 0.254 e. The highest BCUT2D eigenvalue weighted by Gasteiger charge is 2.50. The fourth-order valence-electron chi connectivity index (χ4n) is 4.29. The predicted octanol–water partition coefficient (Wildman–Crippen LogP) is 2.35. The normalized spacial score (nSPS) is 19.9. The van der Waals surface area contributed by atoms with E-state index in [1.54, 1.807) is 40.1 Å². The van der Waals surface area contributed by atoms with Crippen LogP contribution in [0.5, 0.6) is 0 Å². The Kier molecular flexibility index (Phi) is 5.53. The van der Waals surface area contributed by atoms with Crippen LogP contribution in [0.15, 0.2) is 53.4 Å². The van der Waals surface area contributed by atoms with Gasteiger partial charge in [0.1, 0.15) is 5.60 Å². The summed E-state index contributed by atoms with van der Waals surface area (Å²) in [5, 5.41) is 10.0. The van der Waals surface area contributed by atoms with Gasteiger partial charge < -0.3 is 14.9 Å². The summed E-state index contributed by atoms with van der Waals surface area (Å²) >= 11 is 0. The van der Waals surface area contributed by atoms with E-state index in [-0.39, 0.29) is 17.6 Å². The van der Waals surface area contributed by atoms with Gasteiger partial charge in [0.05, 0.1) is 10.6 Å². The molecule has 8 heteroatoms. The largest absolute Gasteiger partial charge is 0.380 e. The molecule has 2 amide bonds. The summed E-state index contributed by atoms with van der Waals surface area (Å²) in [6.45, 7) is 1.72. The number of aliphatic hydroxyl groups is 1. The highest BCUT2D eigenvalue weighted by atomic mass is 32.2. The van der Waals surface area contributed by atoms with Gasteiger partial charge in [-0.05, 0) is 67.0 Å². The zero-order valence-corrected chi connectivity index (χ0v) is 19.3. The van der Waals surface area contributed by atoms with Crippen LogP contribution in [-0.4, -0.2) is 72.7 Å². The van der Waals surface area contributed by atoms with Gasteiger partial charge in [0.15, 0.2) is 9.84 Å². The number of rotatable bonds is 6. The molecule has 0 atom stereocenters. The van der Waals surface area contributed by atoms with Gasteiger partial charge in [-0.1, -0.05) is 24.3 Å². The Bertz CT molecular complexity index is 1180. The van der Waals surface area contributed by atoms with Gasteiger partial charge in [-0.15, -0.1) is 0 Å². The maximum atomic E-state index is 12.9. The minimum Gasteiger partial charge on any atom is -0.380 e. The lowest BCUT2D eigenvalue weighted by atomic mass is 10.0. The number of piperazine rings is 1. The van der Waals surface area contributed by atoms with Crippen molar-refractivity contribution in [1.82, 2.24) is 9.80 Å². The second-order valence-corrected chi connectivity index (χ2v) is 11.5.